The zero-order chi connectivity index (χ0) is 12.6. The molecule has 1 unspecified atom stereocenters. The highest BCUT2D eigenvalue weighted by molar-refractivity contribution is 14.1. The van der Waals surface area contributed by atoms with Crippen LogP contribution in [0.15, 0.2) is 11.4 Å². The molecule has 0 bridgehead atoms. The Morgan fingerprint density at radius 2 is 2.35 bits per heavy atom. The van der Waals surface area contributed by atoms with Crippen molar-refractivity contribution in [1.82, 2.24) is 9.78 Å². The zero-order valence-electron chi connectivity index (χ0n) is 9.58. The fraction of sp³-hybridized carbons (Fsp3) is 0.364. The maximum Gasteiger partial charge on any atom is 0.0847 e. The number of aromatic nitrogens is 2. The predicted octanol–water partition coefficient (Wildman–Crippen LogP) is 3.29. The van der Waals surface area contributed by atoms with Gasteiger partial charge in [0.05, 0.1) is 19.3 Å². The second-order valence-corrected chi connectivity index (χ2v) is 7.15. The number of halogens is 2. The summed E-state index contributed by atoms with van der Waals surface area (Å²) in [6.45, 7) is 1.91. The van der Waals surface area contributed by atoms with Gasteiger partial charge in [0.15, 0.2) is 0 Å². The molecule has 2 aromatic heterocycles. The van der Waals surface area contributed by atoms with Crippen LogP contribution in [-0.2, 0) is 13.5 Å². The van der Waals surface area contributed by atoms with E-state index < -0.39 is 0 Å². The Morgan fingerprint density at radius 3 is 2.82 bits per heavy atom. The van der Waals surface area contributed by atoms with E-state index >= 15 is 0 Å². The van der Waals surface area contributed by atoms with Gasteiger partial charge in [-0.15, -0.1) is 11.3 Å². The van der Waals surface area contributed by atoms with Crippen LogP contribution < -0.4 is 5.73 Å². The molecule has 0 fully saturated rings. The van der Waals surface area contributed by atoms with Crippen molar-refractivity contribution < 1.29 is 0 Å². The largest absolute Gasteiger partial charge is 0.324 e. The molecule has 0 radical (unpaired) electrons. The van der Waals surface area contributed by atoms with Gasteiger partial charge >= 0.3 is 0 Å². The molecule has 2 N–H and O–H groups in total. The first-order chi connectivity index (χ1) is 7.99. The van der Waals surface area contributed by atoms with Crippen molar-refractivity contribution in [3.63, 3.8) is 0 Å². The number of hydrogen-bond donors (Lipinski definition) is 1. The van der Waals surface area contributed by atoms with E-state index in [4.69, 9.17) is 17.3 Å². The van der Waals surface area contributed by atoms with Crippen LogP contribution in [0.1, 0.15) is 23.0 Å². The third-order valence-electron chi connectivity index (χ3n) is 2.69. The molecule has 0 amide bonds. The molecule has 17 heavy (non-hydrogen) atoms. The lowest BCUT2D eigenvalue weighted by Gasteiger charge is -2.10. The molecule has 0 aliphatic heterocycles. The summed E-state index contributed by atoms with van der Waals surface area (Å²) in [6.07, 6.45) is 0.711. The maximum atomic E-state index is 6.21. The van der Waals surface area contributed by atoms with E-state index in [0.29, 0.717) is 6.42 Å². The van der Waals surface area contributed by atoms with E-state index in [1.165, 1.54) is 2.88 Å². The van der Waals surface area contributed by atoms with Gasteiger partial charge in [0, 0.05) is 19.5 Å². The van der Waals surface area contributed by atoms with Crippen LogP contribution in [0.3, 0.4) is 0 Å². The number of rotatable bonds is 3. The zero-order valence-corrected chi connectivity index (χ0v) is 13.3. The maximum absolute atomic E-state index is 6.21. The molecular formula is C11H13ClIN3S. The minimum Gasteiger partial charge on any atom is -0.324 e. The van der Waals surface area contributed by atoms with Crippen LogP contribution >= 0.6 is 45.5 Å². The summed E-state index contributed by atoms with van der Waals surface area (Å²) < 4.78 is 3.06. The van der Waals surface area contributed by atoms with Gasteiger partial charge in [0.2, 0.25) is 0 Å². The smallest absolute Gasteiger partial charge is 0.0847 e. The molecule has 1 atom stereocenters. The van der Waals surface area contributed by atoms with Gasteiger partial charge < -0.3 is 5.73 Å². The van der Waals surface area contributed by atoms with Crippen molar-refractivity contribution in [2.45, 2.75) is 19.4 Å². The van der Waals surface area contributed by atoms with Gasteiger partial charge in [0.25, 0.3) is 0 Å². The number of nitrogens with two attached hydrogens (primary N) is 1. The van der Waals surface area contributed by atoms with Crippen molar-refractivity contribution >= 4 is 45.5 Å². The minimum atomic E-state index is -0.0259. The van der Waals surface area contributed by atoms with Crippen molar-refractivity contribution in [3.05, 3.63) is 36.3 Å². The van der Waals surface area contributed by atoms with Crippen molar-refractivity contribution in [1.29, 1.82) is 0 Å². The van der Waals surface area contributed by atoms with Gasteiger partial charge in [-0.2, -0.15) is 5.10 Å². The molecular weight excluding hydrogens is 369 g/mol. The van der Waals surface area contributed by atoms with Crippen LogP contribution in [0.5, 0.6) is 0 Å². The third-order valence-corrected chi connectivity index (χ3v) is 4.99. The topological polar surface area (TPSA) is 43.8 Å². The Labute approximate surface area is 123 Å². The summed E-state index contributed by atoms with van der Waals surface area (Å²) in [5.74, 6) is 0. The molecule has 0 aromatic carbocycles. The molecule has 0 aliphatic carbocycles. The quantitative estimate of drug-likeness (QED) is 0.829. The number of aryl methyl sites for hydroxylation is 2. The van der Waals surface area contributed by atoms with Crippen LogP contribution in [0, 0.1) is 9.81 Å². The summed E-state index contributed by atoms with van der Waals surface area (Å²) in [6, 6.07) is 2.09. The highest BCUT2D eigenvalue weighted by Gasteiger charge is 2.16. The molecule has 2 aromatic rings. The van der Waals surface area contributed by atoms with E-state index in [9.17, 15) is 0 Å². The lowest BCUT2D eigenvalue weighted by molar-refractivity contribution is 0.641. The molecule has 0 spiro atoms. The average molecular weight is 382 g/mol. The Morgan fingerprint density at radius 1 is 1.65 bits per heavy atom. The van der Waals surface area contributed by atoms with Gasteiger partial charge in [-0.25, -0.2) is 0 Å². The molecule has 2 heterocycles. The van der Waals surface area contributed by atoms with Crippen LogP contribution in [0.25, 0.3) is 0 Å². The fourth-order valence-corrected chi connectivity index (χ4v) is 3.42. The SMILES string of the molecule is Cc1nn(C)c(CC(N)c2csc(I)c2)c1Cl. The molecule has 0 aliphatic rings. The number of nitrogens with zero attached hydrogens (tertiary/aromatic N) is 2. The molecule has 0 saturated carbocycles. The van der Waals surface area contributed by atoms with Gasteiger partial charge in [0.1, 0.15) is 0 Å². The summed E-state index contributed by atoms with van der Waals surface area (Å²) in [4.78, 5) is 0. The number of hydrogen-bond acceptors (Lipinski definition) is 3. The predicted molar refractivity (Wildman–Crippen MR) is 80.6 cm³/mol. The first-order valence-corrected chi connectivity index (χ1v) is 7.50. The summed E-state index contributed by atoms with van der Waals surface area (Å²) in [7, 11) is 1.90. The lowest BCUT2D eigenvalue weighted by Crippen LogP contribution is -2.15. The first kappa shape index (κ1) is 13.3. The van der Waals surface area contributed by atoms with Crippen molar-refractivity contribution in [3.8, 4) is 0 Å². The van der Waals surface area contributed by atoms with Gasteiger partial charge in [-0.1, -0.05) is 11.6 Å². The highest BCUT2D eigenvalue weighted by atomic mass is 127. The van der Waals surface area contributed by atoms with E-state index in [2.05, 4.69) is 39.1 Å². The van der Waals surface area contributed by atoms with Gasteiger partial charge in [-0.3, -0.25) is 4.68 Å². The monoisotopic (exact) mass is 381 g/mol. The lowest BCUT2D eigenvalue weighted by atomic mass is 10.1. The van der Waals surface area contributed by atoms with E-state index in [0.717, 1.165) is 22.0 Å². The van der Waals surface area contributed by atoms with Gasteiger partial charge in [-0.05, 0) is 46.5 Å². The molecule has 6 heteroatoms. The summed E-state index contributed by atoms with van der Waals surface area (Å²) in [5, 5.41) is 7.12. The Balaban J connectivity index is 2.21. The van der Waals surface area contributed by atoms with E-state index in [1.807, 2.05) is 18.7 Å². The normalized spacial score (nSPS) is 13.0. The second kappa shape index (κ2) is 5.26. The molecule has 2 rings (SSSR count). The summed E-state index contributed by atoms with van der Waals surface area (Å²) in [5.41, 5.74) is 9.21. The first-order valence-electron chi connectivity index (χ1n) is 5.16. The highest BCUT2D eigenvalue weighted by Crippen LogP contribution is 2.27. The van der Waals surface area contributed by atoms with Crippen LogP contribution in [0.2, 0.25) is 5.02 Å². The second-order valence-electron chi connectivity index (χ2n) is 3.96. The Kier molecular flexibility index (Phi) is 4.12. The number of thiophene rings is 1. The van der Waals surface area contributed by atoms with Crippen molar-refractivity contribution in [2.75, 3.05) is 0 Å². The molecule has 0 saturated heterocycles. The third kappa shape index (κ3) is 2.83. The van der Waals surface area contributed by atoms with E-state index in [-0.39, 0.29) is 6.04 Å². The summed E-state index contributed by atoms with van der Waals surface area (Å²) >= 11 is 10.2. The fourth-order valence-electron chi connectivity index (χ4n) is 1.75. The average Bonchev–Trinajstić information content (AvgIpc) is 2.79. The Hall–Kier alpha value is -0.110. The standard InChI is InChI=1S/C11H13ClIN3S/c1-6-11(12)9(16(2)15-6)4-8(14)7-3-10(13)17-5-7/h3,5,8H,4,14H2,1-2H3. The van der Waals surface area contributed by atoms with Crippen molar-refractivity contribution in [2.24, 2.45) is 12.8 Å². The van der Waals surface area contributed by atoms with Crippen LogP contribution in [-0.4, -0.2) is 9.78 Å². The Bertz CT molecular complexity index is 535. The minimum absolute atomic E-state index is 0.0259. The van der Waals surface area contributed by atoms with Crippen LogP contribution in [0.4, 0.5) is 0 Å². The molecule has 92 valence electrons. The van der Waals surface area contributed by atoms with E-state index in [1.54, 1.807) is 11.3 Å². The molecule has 3 nitrogen and oxygen atoms in total.